The Bertz CT molecular complexity index is 808. The first-order chi connectivity index (χ1) is 11.9. The molecular formula is C16H15Cl2N3O4. The fraction of sp³-hybridized carbons (Fsp3) is 0.312. The van der Waals surface area contributed by atoms with Crippen molar-refractivity contribution >= 4 is 35.1 Å². The summed E-state index contributed by atoms with van der Waals surface area (Å²) >= 11 is 12.0. The van der Waals surface area contributed by atoms with Gasteiger partial charge in [0.15, 0.2) is 0 Å². The molecule has 2 aromatic rings. The van der Waals surface area contributed by atoms with E-state index in [1.165, 1.54) is 10.9 Å². The van der Waals surface area contributed by atoms with Crippen LogP contribution in [0.3, 0.4) is 0 Å². The summed E-state index contributed by atoms with van der Waals surface area (Å²) in [6, 6.07) is 4.99. The van der Waals surface area contributed by atoms with Crippen LogP contribution >= 0.6 is 23.2 Å². The highest BCUT2D eigenvalue weighted by Gasteiger charge is 2.27. The van der Waals surface area contributed by atoms with E-state index in [1.54, 1.807) is 29.3 Å². The molecule has 1 aliphatic heterocycles. The van der Waals surface area contributed by atoms with Gasteiger partial charge in [-0.15, -0.1) is 0 Å². The van der Waals surface area contributed by atoms with E-state index in [4.69, 9.17) is 33.0 Å². The first-order valence-corrected chi connectivity index (χ1v) is 8.32. The molecule has 1 aliphatic rings. The molecule has 0 radical (unpaired) electrons. The van der Waals surface area contributed by atoms with E-state index in [1.807, 2.05) is 0 Å². The highest BCUT2D eigenvalue weighted by molar-refractivity contribution is 6.35. The Hall–Kier alpha value is -2.09. The van der Waals surface area contributed by atoms with Gasteiger partial charge in [0.1, 0.15) is 0 Å². The van der Waals surface area contributed by atoms with E-state index < -0.39 is 12.1 Å². The Morgan fingerprint density at radius 2 is 2.16 bits per heavy atom. The van der Waals surface area contributed by atoms with Crippen molar-refractivity contribution in [3.8, 4) is 5.69 Å². The van der Waals surface area contributed by atoms with Crippen molar-refractivity contribution in [1.82, 2.24) is 14.7 Å². The van der Waals surface area contributed by atoms with Crippen molar-refractivity contribution in [1.29, 1.82) is 0 Å². The molecule has 1 unspecified atom stereocenters. The van der Waals surface area contributed by atoms with Gasteiger partial charge in [0, 0.05) is 24.3 Å². The maximum atomic E-state index is 12.6. The molecule has 0 spiro atoms. The van der Waals surface area contributed by atoms with Gasteiger partial charge < -0.3 is 14.7 Å². The summed E-state index contributed by atoms with van der Waals surface area (Å²) in [5.74, 6) is -1.18. The molecule has 0 bridgehead atoms. The van der Waals surface area contributed by atoms with Gasteiger partial charge in [0.25, 0.3) is 5.91 Å². The highest BCUT2D eigenvalue weighted by atomic mass is 35.5. The molecule has 1 saturated heterocycles. The largest absolute Gasteiger partial charge is 0.481 e. The molecule has 1 amide bonds. The fourth-order valence-corrected chi connectivity index (χ4v) is 3.13. The standard InChI is InChI=1S/C16H15Cl2N3O4/c17-11-1-2-14(13(18)5-11)21-8-10(7-19-21)16(24)20-3-4-25-12(9-20)6-15(22)23/h1-2,5,7-8,12H,3-4,6,9H2,(H,22,23). The predicted octanol–water partition coefficient (Wildman–Crippen LogP) is 2.49. The zero-order valence-electron chi connectivity index (χ0n) is 13.1. The molecule has 2 heterocycles. The smallest absolute Gasteiger partial charge is 0.306 e. The van der Waals surface area contributed by atoms with E-state index in [0.717, 1.165) is 0 Å². The van der Waals surface area contributed by atoms with E-state index in [2.05, 4.69) is 5.10 Å². The van der Waals surface area contributed by atoms with Crippen LogP contribution in [0.2, 0.25) is 10.0 Å². The molecule has 3 rings (SSSR count). The number of hydrogen-bond donors (Lipinski definition) is 1. The van der Waals surface area contributed by atoms with Crippen LogP contribution in [-0.2, 0) is 9.53 Å². The fourth-order valence-electron chi connectivity index (χ4n) is 2.64. The van der Waals surface area contributed by atoms with Crippen LogP contribution in [0.25, 0.3) is 5.69 Å². The molecule has 0 saturated carbocycles. The SMILES string of the molecule is O=C(O)CC1CN(C(=O)c2cnn(-c3ccc(Cl)cc3Cl)c2)CCO1. The van der Waals surface area contributed by atoms with Gasteiger partial charge in [-0.1, -0.05) is 23.2 Å². The molecule has 9 heteroatoms. The lowest BCUT2D eigenvalue weighted by Crippen LogP contribution is -2.46. The van der Waals surface area contributed by atoms with Crippen LogP contribution in [-0.4, -0.2) is 57.5 Å². The van der Waals surface area contributed by atoms with Crippen molar-refractivity contribution < 1.29 is 19.4 Å². The maximum absolute atomic E-state index is 12.6. The number of halogens is 2. The monoisotopic (exact) mass is 383 g/mol. The first kappa shape index (κ1) is 17.7. The summed E-state index contributed by atoms with van der Waals surface area (Å²) in [5.41, 5.74) is 0.998. The normalized spacial score (nSPS) is 17.5. The van der Waals surface area contributed by atoms with Crippen molar-refractivity contribution in [2.45, 2.75) is 12.5 Å². The Labute approximate surface area is 153 Å². The zero-order chi connectivity index (χ0) is 18.0. The van der Waals surface area contributed by atoms with Gasteiger partial charge in [-0.3, -0.25) is 9.59 Å². The van der Waals surface area contributed by atoms with E-state index >= 15 is 0 Å². The van der Waals surface area contributed by atoms with Gasteiger partial charge in [-0.05, 0) is 18.2 Å². The Balaban J connectivity index is 1.75. The zero-order valence-corrected chi connectivity index (χ0v) is 14.6. The van der Waals surface area contributed by atoms with Gasteiger partial charge >= 0.3 is 5.97 Å². The minimum atomic E-state index is -0.954. The first-order valence-electron chi connectivity index (χ1n) is 7.57. The lowest BCUT2D eigenvalue weighted by atomic mass is 10.2. The minimum Gasteiger partial charge on any atom is -0.481 e. The number of carbonyl (C=O) groups is 2. The predicted molar refractivity (Wildman–Crippen MR) is 91.5 cm³/mol. The molecule has 1 atom stereocenters. The average Bonchev–Trinajstić information content (AvgIpc) is 3.03. The molecule has 7 nitrogen and oxygen atoms in total. The van der Waals surface area contributed by atoms with Crippen LogP contribution in [0.4, 0.5) is 0 Å². The molecule has 0 aliphatic carbocycles. The number of amides is 1. The number of rotatable bonds is 4. The van der Waals surface area contributed by atoms with Crippen molar-refractivity contribution in [3.63, 3.8) is 0 Å². The van der Waals surface area contributed by atoms with Crippen LogP contribution in [0.15, 0.2) is 30.6 Å². The van der Waals surface area contributed by atoms with E-state index in [-0.39, 0.29) is 18.9 Å². The molecule has 25 heavy (non-hydrogen) atoms. The Morgan fingerprint density at radius 1 is 1.36 bits per heavy atom. The average molecular weight is 384 g/mol. The van der Waals surface area contributed by atoms with Crippen LogP contribution in [0.1, 0.15) is 16.8 Å². The van der Waals surface area contributed by atoms with Gasteiger partial charge in [-0.25, -0.2) is 4.68 Å². The number of nitrogens with zero attached hydrogens (tertiary/aromatic N) is 3. The number of carboxylic acids is 1. The maximum Gasteiger partial charge on any atom is 0.306 e. The van der Waals surface area contributed by atoms with E-state index in [0.29, 0.717) is 34.4 Å². The number of ether oxygens (including phenoxy) is 1. The quantitative estimate of drug-likeness (QED) is 0.876. The summed E-state index contributed by atoms with van der Waals surface area (Å²) in [7, 11) is 0. The number of aromatic nitrogens is 2. The third-order valence-electron chi connectivity index (χ3n) is 3.81. The van der Waals surface area contributed by atoms with E-state index in [9.17, 15) is 9.59 Å². The lowest BCUT2D eigenvalue weighted by Gasteiger charge is -2.32. The van der Waals surface area contributed by atoms with Crippen LogP contribution in [0, 0.1) is 0 Å². The summed E-state index contributed by atoms with van der Waals surface area (Å²) in [6.45, 7) is 0.945. The number of morpholine rings is 1. The summed E-state index contributed by atoms with van der Waals surface area (Å²) in [5, 5.41) is 14.0. The molecular weight excluding hydrogens is 369 g/mol. The Kier molecular flexibility index (Phi) is 5.27. The lowest BCUT2D eigenvalue weighted by molar-refractivity contribution is -0.141. The molecule has 1 aromatic heterocycles. The molecule has 1 N–H and O–H groups in total. The van der Waals surface area contributed by atoms with Crippen LogP contribution < -0.4 is 0 Å². The minimum absolute atomic E-state index is 0.135. The second kappa shape index (κ2) is 7.43. The number of benzene rings is 1. The van der Waals surface area contributed by atoms with Crippen molar-refractivity contribution in [2.24, 2.45) is 0 Å². The second-order valence-electron chi connectivity index (χ2n) is 5.61. The van der Waals surface area contributed by atoms with Crippen LogP contribution in [0.5, 0.6) is 0 Å². The third kappa shape index (κ3) is 4.12. The van der Waals surface area contributed by atoms with Crippen molar-refractivity contribution in [2.75, 3.05) is 19.7 Å². The van der Waals surface area contributed by atoms with Gasteiger partial charge in [0.05, 0.1) is 41.6 Å². The number of aliphatic carboxylic acids is 1. The second-order valence-corrected chi connectivity index (χ2v) is 6.45. The Morgan fingerprint density at radius 3 is 2.88 bits per heavy atom. The molecule has 1 aromatic carbocycles. The topological polar surface area (TPSA) is 84.7 Å². The van der Waals surface area contributed by atoms with Gasteiger partial charge in [-0.2, -0.15) is 5.10 Å². The van der Waals surface area contributed by atoms with Gasteiger partial charge in [0.2, 0.25) is 0 Å². The third-order valence-corrected chi connectivity index (χ3v) is 4.35. The highest BCUT2D eigenvalue weighted by Crippen LogP contribution is 2.24. The summed E-state index contributed by atoms with van der Waals surface area (Å²) in [4.78, 5) is 25.0. The number of carboxylic acid groups (broad SMARTS) is 1. The number of carbonyl (C=O) groups excluding carboxylic acids is 1. The number of hydrogen-bond acceptors (Lipinski definition) is 4. The van der Waals surface area contributed by atoms with Crippen molar-refractivity contribution in [3.05, 3.63) is 46.2 Å². The molecule has 132 valence electrons. The summed E-state index contributed by atoms with van der Waals surface area (Å²) < 4.78 is 6.88. The summed E-state index contributed by atoms with van der Waals surface area (Å²) in [6.07, 6.45) is 2.40. The molecule has 1 fully saturated rings.